The number of carbonyl (C=O) groups excluding carboxylic acids is 1. The molecule has 1 aliphatic heterocycles. The normalized spacial score (nSPS) is 38.5. The first-order valence-electron chi connectivity index (χ1n) is 6.07. The third-order valence-electron chi connectivity index (χ3n) is 3.75. The van der Waals surface area contributed by atoms with E-state index in [0.717, 1.165) is 38.9 Å². The third kappa shape index (κ3) is 2.79. The molecule has 1 heterocycles. The van der Waals surface area contributed by atoms with E-state index in [1.165, 1.54) is 6.42 Å². The molecular formula is C12H21NO2. The fourth-order valence-corrected chi connectivity index (χ4v) is 2.83. The topological polar surface area (TPSA) is 40.5 Å². The third-order valence-corrected chi connectivity index (χ3v) is 3.75. The molecule has 86 valence electrons. The summed E-state index contributed by atoms with van der Waals surface area (Å²) in [6.45, 7) is 4.89. The molecule has 2 aliphatic rings. The highest BCUT2D eigenvalue weighted by Gasteiger charge is 2.30. The lowest BCUT2D eigenvalue weighted by Gasteiger charge is -2.25. The Balaban J connectivity index is 1.79. The standard InChI is InChI=1S/C12H21NO2/c1-9-6-13(8-12(9)15)7-10-3-2-4-11(14)5-10/h9-10,12,15H,2-8H2,1H3. The molecule has 1 N–H and O–H groups in total. The second kappa shape index (κ2) is 4.62. The molecule has 3 heteroatoms. The lowest BCUT2D eigenvalue weighted by molar-refractivity contribution is -0.121. The zero-order valence-electron chi connectivity index (χ0n) is 9.48. The number of Topliss-reactive ketones (excluding diaryl/α,β-unsaturated/α-hetero) is 1. The number of carbonyl (C=O) groups is 1. The molecule has 0 amide bonds. The average Bonchev–Trinajstić information content (AvgIpc) is 2.45. The smallest absolute Gasteiger partial charge is 0.133 e. The van der Waals surface area contributed by atoms with Gasteiger partial charge in [-0.2, -0.15) is 0 Å². The highest BCUT2D eigenvalue weighted by molar-refractivity contribution is 5.79. The minimum atomic E-state index is -0.163. The molecule has 0 aromatic rings. The van der Waals surface area contributed by atoms with E-state index in [1.54, 1.807) is 0 Å². The molecule has 2 fully saturated rings. The van der Waals surface area contributed by atoms with E-state index in [2.05, 4.69) is 11.8 Å². The summed E-state index contributed by atoms with van der Waals surface area (Å²) in [5.74, 6) is 1.37. The van der Waals surface area contributed by atoms with Gasteiger partial charge >= 0.3 is 0 Å². The molecule has 1 saturated heterocycles. The second-order valence-corrected chi connectivity index (χ2v) is 5.26. The highest BCUT2D eigenvalue weighted by atomic mass is 16.3. The molecule has 0 aromatic carbocycles. The van der Waals surface area contributed by atoms with Crippen molar-refractivity contribution in [2.24, 2.45) is 11.8 Å². The molecular weight excluding hydrogens is 190 g/mol. The van der Waals surface area contributed by atoms with Gasteiger partial charge in [0.1, 0.15) is 5.78 Å². The maximum absolute atomic E-state index is 11.3. The number of ketones is 1. The van der Waals surface area contributed by atoms with Crippen molar-refractivity contribution in [1.29, 1.82) is 0 Å². The van der Waals surface area contributed by atoms with Gasteiger partial charge in [-0.05, 0) is 24.7 Å². The summed E-state index contributed by atoms with van der Waals surface area (Å²) in [6, 6.07) is 0. The Bertz CT molecular complexity index is 232. The Morgan fingerprint density at radius 1 is 1.47 bits per heavy atom. The van der Waals surface area contributed by atoms with Gasteiger partial charge in [0.15, 0.2) is 0 Å². The summed E-state index contributed by atoms with van der Waals surface area (Å²) >= 11 is 0. The number of hydrogen-bond donors (Lipinski definition) is 1. The Hall–Kier alpha value is -0.410. The van der Waals surface area contributed by atoms with Crippen LogP contribution in [0.3, 0.4) is 0 Å². The first-order valence-corrected chi connectivity index (χ1v) is 6.07. The first kappa shape index (κ1) is 11.1. The van der Waals surface area contributed by atoms with Crippen molar-refractivity contribution in [3.05, 3.63) is 0 Å². The fourth-order valence-electron chi connectivity index (χ4n) is 2.83. The lowest BCUT2D eigenvalue weighted by Crippen LogP contribution is -2.31. The van der Waals surface area contributed by atoms with E-state index in [4.69, 9.17) is 0 Å². The van der Waals surface area contributed by atoms with Crippen molar-refractivity contribution in [3.8, 4) is 0 Å². The van der Waals surface area contributed by atoms with Gasteiger partial charge in [0.2, 0.25) is 0 Å². The molecule has 1 aliphatic carbocycles. The quantitative estimate of drug-likeness (QED) is 0.742. The Labute approximate surface area is 91.5 Å². The van der Waals surface area contributed by atoms with Crippen LogP contribution in [0.5, 0.6) is 0 Å². The number of β-amino-alcohol motifs (C(OH)–C–C–N with tert-alkyl or cyclic N) is 1. The van der Waals surface area contributed by atoms with Crippen LogP contribution in [0, 0.1) is 11.8 Å². The predicted molar refractivity (Wildman–Crippen MR) is 58.6 cm³/mol. The van der Waals surface area contributed by atoms with Crippen LogP contribution in [0.2, 0.25) is 0 Å². The van der Waals surface area contributed by atoms with Crippen molar-refractivity contribution >= 4 is 5.78 Å². The van der Waals surface area contributed by atoms with Gasteiger partial charge in [0.05, 0.1) is 6.10 Å². The monoisotopic (exact) mass is 211 g/mol. The van der Waals surface area contributed by atoms with Crippen LogP contribution in [0.4, 0.5) is 0 Å². The van der Waals surface area contributed by atoms with Crippen LogP contribution in [-0.4, -0.2) is 41.5 Å². The number of nitrogens with zero attached hydrogens (tertiary/aromatic N) is 1. The van der Waals surface area contributed by atoms with Gasteiger partial charge in [-0.1, -0.05) is 6.92 Å². The summed E-state index contributed by atoms with van der Waals surface area (Å²) in [6.07, 6.45) is 3.64. The summed E-state index contributed by atoms with van der Waals surface area (Å²) in [5, 5.41) is 9.64. The van der Waals surface area contributed by atoms with Gasteiger partial charge in [-0.25, -0.2) is 0 Å². The molecule has 0 aromatic heterocycles. The largest absolute Gasteiger partial charge is 0.391 e. The molecule has 0 radical (unpaired) electrons. The van der Waals surface area contributed by atoms with Crippen LogP contribution < -0.4 is 0 Å². The van der Waals surface area contributed by atoms with E-state index in [0.29, 0.717) is 17.6 Å². The van der Waals surface area contributed by atoms with E-state index >= 15 is 0 Å². The van der Waals surface area contributed by atoms with E-state index < -0.39 is 0 Å². The van der Waals surface area contributed by atoms with E-state index in [1.807, 2.05) is 0 Å². The van der Waals surface area contributed by atoms with Crippen molar-refractivity contribution < 1.29 is 9.90 Å². The summed E-state index contributed by atoms with van der Waals surface area (Å²) in [7, 11) is 0. The molecule has 3 nitrogen and oxygen atoms in total. The predicted octanol–water partition coefficient (Wildman–Crippen LogP) is 1.06. The van der Waals surface area contributed by atoms with Crippen molar-refractivity contribution in [2.75, 3.05) is 19.6 Å². The maximum atomic E-state index is 11.3. The molecule has 0 bridgehead atoms. The van der Waals surface area contributed by atoms with Crippen molar-refractivity contribution in [3.63, 3.8) is 0 Å². The zero-order chi connectivity index (χ0) is 10.8. The van der Waals surface area contributed by atoms with Crippen LogP contribution in [0.25, 0.3) is 0 Å². The molecule has 3 unspecified atom stereocenters. The Kier molecular flexibility index (Phi) is 3.42. The van der Waals surface area contributed by atoms with Gasteiger partial charge in [-0.15, -0.1) is 0 Å². The number of likely N-dealkylation sites (tertiary alicyclic amines) is 1. The fraction of sp³-hybridized carbons (Fsp3) is 0.917. The maximum Gasteiger partial charge on any atom is 0.133 e. The number of aliphatic hydroxyl groups is 1. The lowest BCUT2D eigenvalue weighted by atomic mass is 9.88. The van der Waals surface area contributed by atoms with E-state index in [-0.39, 0.29) is 6.10 Å². The number of aliphatic hydroxyl groups excluding tert-OH is 1. The van der Waals surface area contributed by atoms with Crippen molar-refractivity contribution in [2.45, 2.75) is 38.7 Å². The molecule has 0 spiro atoms. The van der Waals surface area contributed by atoms with E-state index in [9.17, 15) is 9.90 Å². The van der Waals surface area contributed by atoms with Crippen LogP contribution >= 0.6 is 0 Å². The van der Waals surface area contributed by atoms with Crippen LogP contribution in [0.1, 0.15) is 32.6 Å². The molecule has 3 atom stereocenters. The Morgan fingerprint density at radius 3 is 2.87 bits per heavy atom. The summed E-state index contributed by atoms with van der Waals surface area (Å²) < 4.78 is 0. The SMILES string of the molecule is CC1CN(CC2CCCC(=O)C2)CC1O. The zero-order valence-corrected chi connectivity index (χ0v) is 9.48. The van der Waals surface area contributed by atoms with Gasteiger partial charge in [-0.3, -0.25) is 4.79 Å². The minimum Gasteiger partial charge on any atom is -0.391 e. The first-order chi connectivity index (χ1) is 7.15. The van der Waals surface area contributed by atoms with Crippen LogP contribution in [-0.2, 0) is 4.79 Å². The summed E-state index contributed by atoms with van der Waals surface area (Å²) in [5.41, 5.74) is 0. The van der Waals surface area contributed by atoms with Gasteiger partial charge in [0.25, 0.3) is 0 Å². The average molecular weight is 211 g/mol. The Morgan fingerprint density at radius 2 is 2.27 bits per heavy atom. The summed E-state index contributed by atoms with van der Waals surface area (Å²) in [4.78, 5) is 13.6. The van der Waals surface area contributed by atoms with Gasteiger partial charge < -0.3 is 10.0 Å². The molecule has 15 heavy (non-hydrogen) atoms. The highest BCUT2D eigenvalue weighted by Crippen LogP contribution is 2.25. The number of rotatable bonds is 2. The molecule has 1 saturated carbocycles. The second-order valence-electron chi connectivity index (χ2n) is 5.26. The van der Waals surface area contributed by atoms with Crippen molar-refractivity contribution in [1.82, 2.24) is 4.90 Å². The molecule has 2 rings (SSSR count). The minimum absolute atomic E-state index is 0.163. The van der Waals surface area contributed by atoms with Crippen LogP contribution in [0.15, 0.2) is 0 Å². The number of hydrogen-bond acceptors (Lipinski definition) is 3. The van der Waals surface area contributed by atoms with Gasteiger partial charge in [0, 0.05) is 32.5 Å².